The molecule has 0 saturated carbocycles. The lowest BCUT2D eigenvalue weighted by molar-refractivity contribution is 0.728. The van der Waals surface area contributed by atoms with Gasteiger partial charge in [-0.15, -0.1) is 11.3 Å². The molecule has 0 aliphatic rings. The first-order chi connectivity index (χ1) is 10.6. The number of thioether (sulfide) groups is 1. The Hall–Kier alpha value is -1.85. The molecule has 0 saturated heterocycles. The highest BCUT2D eigenvalue weighted by atomic mass is 32.2. The van der Waals surface area contributed by atoms with Crippen molar-refractivity contribution in [2.75, 3.05) is 5.75 Å². The van der Waals surface area contributed by atoms with Crippen molar-refractivity contribution in [3.8, 4) is 11.1 Å². The minimum Gasteiger partial charge on any atom is -0.290 e. The molecule has 22 heavy (non-hydrogen) atoms. The van der Waals surface area contributed by atoms with E-state index >= 15 is 0 Å². The van der Waals surface area contributed by atoms with E-state index in [1.54, 1.807) is 23.4 Å². The smallest absolute Gasteiger partial charge is 0.263 e. The summed E-state index contributed by atoms with van der Waals surface area (Å²) in [5, 5.41) is 3.46. The van der Waals surface area contributed by atoms with Crippen molar-refractivity contribution < 1.29 is 0 Å². The molecule has 0 amide bonds. The first kappa shape index (κ1) is 15.1. The molecule has 2 aromatic heterocycles. The van der Waals surface area contributed by atoms with E-state index in [0.29, 0.717) is 5.39 Å². The van der Waals surface area contributed by atoms with Crippen molar-refractivity contribution in [3.63, 3.8) is 0 Å². The fraction of sp³-hybridized carbons (Fsp3) is 0.176. The van der Waals surface area contributed by atoms with Crippen LogP contribution in [0.5, 0.6) is 0 Å². The fourth-order valence-corrected chi connectivity index (χ4v) is 4.00. The highest BCUT2D eigenvalue weighted by Crippen LogP contribution is 2.31. The van der Waals surface area contributed by atoms with Crippen molar-refractivity contribution in [2.24, 2.45) is 7.05 Å². The van der Waals surface area contributed by atoms with E-state index in [9.17, 15) is 4.79 Å². The van der Waals surface area contributed by atoms with E-state index in [4.69, 9.17) is 0 Å². The number of fused-ring (bicyclic) bond motifs is 1. The van der Waals surface area contributed by atoms with Crippen LogP contribution in [0.1, 0.15) is 6.92 Å². The Morgan fingerprint density at radius 1 is 1.36 bits per heavy atom. The van der Waals surface area contributed by atoms with Crippen molar-refractivity contribution in [3.05, 3.63) is 58.2 Å². The molecule has 0 unspecified atom stereocenters. The maximum absolute atomic E-state index is 12.7. The summed E-state index contributed by atoms with van der Waals surface area (Å²) in [4.78, 5) is 18.2. The standard InChI is InChI=1S/C17H16N2OS2/c1-11(2)9-22-17-18-15-14(16(20)19(17)3)13(10-21-15)12-7-5-4-6-8-12/h4-8,10H,1,9H2,2-3H3. The Labute approximate surface area is 137 Å². The molecule has 3 aromatic rings. The van der Waals surface area contributed by atoms with Crippen LogP contribution in [0.3, 0.4) is 0 Å². The number of hydrogen-bond acceptors (Lipinski definition) is 4. The zero-order valence-corrected chi connectivity index (χ0v) is 14.1. The zero-order chi connectivity index (χ0) is 15.7. The molecule has 0 bridgehead atoms. The molecule has 1 aromatic carbocycles. The summed E-state index contributed by atoms with van der Waals surface area (Å²) in [6, 6.07) is 9.97. The lowest BCUT2D eigenvalue weighted by Gasteiger charge is -2.07. The van der Waals surface area contributed by atoms with Crippen LogP contribution in [0.25, 0.3) is 21.3 Å². The van der Waals surface area contributed by atoms with Crippen LogP contribution in [-0.4, -0.2) is 15.3 Å². The van der Waals surface area contributed by atoms with E-state index in [1.807, 2.05) is 42.6 Å². The third-order valence-corrected chi connectivity index (χ3v) is 5.44. The molecule has 3 nitrogen and oxygen atoms in total. The summed E-state index contributed by atoms with van der Waals surface area (Å²) >= 11 is 3.07. The Morgan fingerprint density at radius 3 is 2.77 bits per heavy atom. The number of rotatable bonds is 4. The van der Waals surface area contributed by atoms with Gasteiger partial charge in [-0.25, -0.2) is 4.98 Å². The van der Waals surface area contributed by atoms with Crippen molar-refractivity contribution in [1.82, 2.24) is 9.55 Å². The highest BCUT2D eigenvalue weighted by molar-refractivity contribution is 7.99. The van der Waals surface area contributed by atoms with Gasteiger partial charge in [-0.05, 0) is 12.5 Å². The second-order valence-electron chi connectivity index (χ2n) is 5.20. The molecule has 0 N–H and O–H groups in total. The monoisotopic (exact) mass is 328 g/mol. The maximum Gasteiger partial charge on any atom is 0.263 e. The molecular weight excluding hydrogens is 312 g/mol. The Morgan fingerprint density at radius 2 is 2.09 bits per heavy atom. The Balaban J connectivity index is 2.15. The molecule has 0 radical (unpaired) electrons. The van der Waals surface area contributed by atoms with Gasteiger partial charge in [-0.1, -0.05) is 54.2 Å². The molecule has 2 heterocycles. The SMILES string of the molecule is C=C(C)CSc1nc2scc(-c3ccccc3)c2c(=O)n1C. The van der Waals surface area contributed by atoms with Gasteiger partial charge in [0.15, 0.2) is 5.16 Å². The predicted octanol–water partition coefficient (Wildman–Crippen LogP) is 4.33. The summed E-state index contributed by atoms with van der Waals surface area (Å²) in [6.07, 6.45) is 0. The molecule has 0 atom stereocenters. The molecular formula is C17H16N2OS2. The van der Waals surface area contributed by atoms with Crippen molar-refractivity contribution >= 4 is 33.3 Å². The van der Waals surface area contributed by atoms with Gasteiger partial charge in [0.05, 0.1) is 5.39 Å². The van der Waals surface area contributed by atoms with Gasteiger partial charge in [0.25, 0.3) is 5.56 Å². The summed E-state index contributed by atoms with van der Waals surface area (Å²) in [5.41, 5.74) is 3.09. The van der Waals surface area contributed by atoms with Crippen LogP contribution in [0, 0.1) is 0 Å². The van der Waals surface area contributed by atoms with Gasteiger partial charge in [-0.2, -0.15) is 0 Å². The van der Waals surface area contributed by atoms with Crippen LogP contribution in [0.2, 0.25) is 0 Å². The molecule has 0 aliphatic heterocycles. The van der Waals surface area contributed by atoms with E-state index in [2.05, 4.69) is 11.6 Å². The number of thiophene rings is 1. The van der Waals surface area contributed by atoms with E-state index in [0.717, 1.165) is 32.4 Å². The molecule has 5 heteroatoms. The van der Waals surface area contributed by atoms with Crippen LogP contribution < -0.4 is 5.56 Å². The normalized spacial score (nSPS) is 11.0. The average Bonchev–Trinajstić information content (AvgIpc) is 2.94. The van der Waals surface area contributed by atoms with E-state index in [-0.39, 0.29) is 5.56 Å². The van der Waals surface area contributed by atoms with Gasteiger partial charge in [0, 0.05) is 23.7 Å². The van der Waals surface area contributed by atoms with E-state index in [1.165, 1.54) is 11.3 Å². The van der Waals surface area contributed by atoms with Crippen molar-refractivity contribution in [1.29, 1.82) is 0 Å². The lowest BCUT2D eigenvalue weighted by atomic mass is 10.1. The summed E-state index contributed by atoms with van der Waals surface area (Å²) in [5.74, 6) is 0.767. The van der Waals surface area contributed by atoms with Crippen LogP contribution in [0.15, 0.2) is 57.8 Å². The van der Waals surface area contributed by atoms with Gasteiger partial charge in [-0.3, -0.25) is 9.36 Å². The minimum atomic E-state index is 0.00863. The van der Waals surface area contributed by atoms with Gasteiger partial charge >= 0.3 is 0 Å². The maximum atomic E-state index is 12.7. The average molecular weight is 328 g/mol. The van der Waals surface area contributed by atoms with E-state index < -0.39 is 0 Å². The fourth-order valence-electron chi connectivity index (χ4n) is 2.20. The highest BCUT2D eigenvalue weighted by Gasteiger charge is 2.15. The van der Waals surface area contributed by atoms with Crippen LogP contribution in [-0.2, 0) is 7.05 Å². The Kier molecular flexibility index (Phi) is 4.18. The Bertz CT molecular complexity index is 894. The first-order valence-electron chi connectivity index (χ1n) is 6.88. The first-order valence-corrected chi connectivity index (χ1v) is 8.75. The van der Waals surface area contributed by atoms with Crippen molar-refractivity contribution in [2.45, 2.75) is 12.1 Å². The number of aromatic nitrogens is 2. The molecule has 0 fully saturated rings. The number of nitrogens with zero attached hydrogens (tertiary/aromatic N) is 2. The van der Waals surface area contributed by atoms with Gasteiger partial charge < -0.3 is 0 Å². The third-order valence-electron chi connectivity index (χ3n) is 3.31. The summed E-state index contributed by atoms with van der Waals surface area (Å²) in [7, 11) is 1.78. The predicted molar refractivity (Wildman–Crippen MR) is 95.8 cm³/mol. The van der Waals surface area contributed by atoms with Crippen LogP contribution >= 0.6 is 23.1 Å². The summed E-state index contributed by atoms with van der Waals surface area (Å²) < 4.78 is 1.63. The summed E-state index contributed by atoms with van der Waals surface area (Å²) in [6.45, 7) is 5.87. The lowest BCUT2D eigenvalue weighted by Crippen LogP contribution is -2.19. The number of benzene rings is 1. The second kappa shape index (κ2) is 6.10. The quantitative estimate of drug-likeness (QED) is 0.406. The molecule has 3 rings (SSSR count). The number of hydrogen-bond donors (Lipinski definition) is 0. The second-order valence-corrected chi connectivity index (χ2v) is 7.00. The van der Waals surface area contributed by atoms with Crippen LogP contribution in [0.4, 0.5) is 0 Å². The molecule has 0 spiro atoms. The van der Waals surface area contributed by atoms with Gasteiger partial charge in [0.2, 0.25) is 0 Å². The molecule has 112 valence electrons. The topological polar surface area (TPSA) is 34.9 Å². The largest absolute Gasteiger partial charge is 0.290 e. The minimum absolute atomic E-state index is 0.00863. The zero-order valence-electron chi connectivity index (χ0n) is 12.5. The molecule has 0 aliphatic carbocycles. The van der Waals surface area contributed by atoms with Gasteiger partial charge in [0.1, 0.15) is 4.83 Å². The third kappa shape index (κ3) is 2.74.